The molecule has 1 heterocycles. The molecule has 1 aromatic carbocycles. The first-order valence-corrected chi connectivity index (χ1v) is 8.18. The lowest BCUT2D eigenvalue weighted by molar-refractivity contribution is -0.127. The van der Waals surface area contributed by atoms with Crippen molar-refractivity contribution < 1.29 is 13.6 Å². The van der Waals surface area contributed by atoms with E-state index in [1.54, 1.807) is 23.3 Å². The highest BCUT2D eigenvalue weighted by Gasteiger charge is 2.12. The van der Waals surface area contributed by atoms with Gasteiger partial charge in [0.25, 0.3) is 0 Å². The minimum absolute atomic E-state index is 0.0440. The lowest BCUT2D eigenvalue weighted by Gasteiger charge is -2.16. The first kappa shape index (κ1) is 16.0. The first-order valence-electron chi connectivity index (χ1n) is 6.32. The molecule has 0 radical (unpaired) electrons. The zero-order chi connectivity index (χ0) is 15.4. The van der Waals surface area contributed by atoms with Crippen molar-refractivity contribution >= 4 is 29.0 Å². The van der Waals surface area contributed by atoms with Crippen LogP contribution < -0.4 is 0 Å². The molecule has 0 aliphatic heterocycles. The molecule has 1 amide bonds. The molecule has 0 N–H and O–H groups in total. The molecule has 0 spiro atoms. The number of nitrogens with zero attached hydrogens (tertiary/aromatic N) is 1. The summed E-state index contributed by atoms with van der Waals surface area (Å²) >= 11 is 2.82. The predicted molar refractivity (Wildman–Crippen MR) is 82.6 cm³/mol. The summed E-state index contributed by atoms with van der Waals surface area (Å²) < 4.78 is 25.9. The summed E-state index contributed by atoms with van der Waals surface area (Å²) in [5.74, 6) is -1.62. The number of hydrogen-bond donors (Lipinski definition) is 0. The maximum absolute atomic E-state index is 13.1. The fourth-order valence-electron chi connectivity index (χ4n) is 1.69. The third kappa shape index (κ3) is 4.28. The molecule has 0 aliphatic rings. The average molecular weight is 327 g/mol. The van der Waals surface area contributed by atoms with Crippen LogP contribution in [-0.2, 0) is 11.3 Å². The van der Waals surface area contributed by atoms with E-state index >= 15 is 0 Å². The second-order valence-corrected chi connectivity index (χ2v) is 6.69. The van der Waals surface area contributed by atoms with Crippen molar-refractivity contribution in [3.63, 3.8) is 0 Å². The van der Waals surface area contributed by atoms with Crippen LogP contribution >= 0.6 is 23.1 Å². The zero-order valence-electron chi connectivity index (χ0n) is 11.7. The molecule has 0 saturated heterocycles. The summed E-state index contributed by atoms with van der Waals surface area (Å²) in [5.41, 5.74) is 1.17. The highest BCUT2D eigenvalue weighted by molar-refractivity contribution is 8.00. The SMILES string of the molecule is Cc1ccsc1CN(C)C(=O)CSc1ccc(F)c(F)c1. The van der Waals surface area contributed by atoms with E-state index in [9.17, 15) is 13.6 Å². The third-order valence-electron chi connectivity index (χ3n) is 3.03. The van der Waals surface area contributed by atoms with Crippen LogP contribution in [0.25, 0.3) is 0 Å². The van der Waals surface area contributed by atoms with Crippen LogP contribution in [0.15, 0.2) is 34.5 Å². The van der Waals surface area contributed by atoms with E-state index in [-0.39, 0.29) is 11.7 Å². The van der Waals surface area contributed by atoms with Gasteiger partial charge in [0.2, 0.25) is 5.91 Å². The highest BCUT2D eigenvalue weighted by atomic mass is 32.2. The topological polar surface area (TPSA) is 20.3 Å². The summed E-state index contributed by atoms with van der Waals surface area (Å²) in [6, 6.07) is 5.67. The minimum Gasteiger partial charge on any atom is -0.340 e. The van der Waals surface area contributed by atoms with E-state index < -0.39 is 11.6 Å². The molecule has 0 fully saturated rings. The quantitative estimate of drug-likeness (QED) is 0.771. The van der Waals surface area contributed by atoms with Crippen molar-refractivity contribution in [2.45, 2.75) is 18.4 Å². The Balaban J connectivity index is 1.89. The molecular weight excluding hydrogens is 312 g/mol. The van der Waals surface area contributed by atoms with Gasteiger partial charge in [-0.05, 0) is 42.1 Å². The van der Waals surface area contributed by atoms with Gasteiger partial charge in [0.15, 0.2) is 11.6 Å². The monoisotopic (exact) mass is 327 g/mol. The summed E-state index contributed by atoms with van der Waals surface area (Å²) in [5, 5.41) is 2.00. The summed E-state index contributed by atoms with van der Waals surface area (Å²) in [7, 11) is 1.74. The van der Waals surface area contributed by atoms with Gasteiger partial charge in [0.05, 0.1) is 12.3 Å². The Kier molecular flexibility index (Phi) is 5.36. The Morgan fingerprint density at radius 3 is 2.67 bits per heavy atom. The van der Waals surface area contributed by atoms with Crippen molar-refractivity contribution in [1.29, 1.82) is 0 Å². The summed E-state index contributed by atoms with van der Waals surface area (Å²) in [6.45, 7) is 2.58. The van der Waals surface area contributed by atoms with Gasteiger partial charge in [0.1, 0.15) is 0 Å². The number of carbonyl (C=O) groups is 1. The lowest BCUT2D eigenvalue weighted by atomic mass is 10.3. The maximum atomic E-state index is 13.1. The van der Waals surface area contributed by atoms with E-state index in [0.717, 1.165) is 17.0 Å². The van der Waals surface area contributed by atoms with Crippen LogP contribution in [0, 0.1) is 18.6 Å². The Labute approximate surface area is 130 Å². The number of thioether (sulfide) groups is 1. The molecule has 0 aliphatic carbocycles. The van der Waals surface area contributed by atoms with E-state index in [1.165, 1.54) is 23.4 Å². The molecule has 2 nitrogen and oxygen atoms in total. The molecular formula is C15H15F2NOS2. The molecule has 6 heteroatoms. The molecule has 1 aromatic heterocycles. The van der Waals surface area contributed by atoms with Crippen molar-refractivity contribution in [1.82, 2.24) is 4.90 Å². The molecule has 2 aromatic rings. The van der Waals surface area contributed by atoms with Crippen molar-refractivity contribution in [2.75, 3.05) is 12.8 Å². The minimum atomic E-state index is -0.894. The van der Waals surface area contributed by atoms with E-state index in [0.29, 0.717) is 11.4 Å². The number of rotatable bonds is 5. The van der Waals surface area contributed by atoms with E-state index in [4.69, 9.17) is 0 Å². The van der Waals surface area contributed by atoms with Crippen LogP contribution in [0.4, 0.5) is 8.78 Å². The smallest absolute Gasteiger partial charge is 0.233 e. The second-order valence-electron chi connectivity index (χ2n) is 4.64. The number of benzene rings is 1. The molecule has 112 valence electrons. The van der Waals surface area contributed by atoms with Gasteiger partial charge in [0, 0.05) is 16.8 Å². The molecule has 0 saturated carbocycles. The predicted octanol–water partition coefficient (Wildman–Crippen LogP) is 4.09. The lowest BCUT2D eigenvalue weighted by Crippen LogP contribution is -2.27. The van der Waals surface area contributed by atoms with Gasteiger partial charge in [-0.1, -0.05) is 0 Å². The van der Waals surface area contributed by atoms with Gasteiger partial charge in [-0.2, -0.15) is 0 Å². The van der Waals surface area contributed by atoms with Crippen molar-refractivity contribution in [3.8, 4) is 0 Å². The van der Waals surface area contributed by atoms with Crippen LogP contribution in [0.2, 0.25) is 0 Å². The Hall–Kier alpha value is -1.40. The van der Waals surface area contributed by atoms with Crippen LogP contribution in [0.5, 0.6) is 0 Å². The number of aryl methyl sites for hydroxylation is 1. The van der Waals surface area contributed by atoms with Crippen molar-refractivity contribution in [3.05, 3.63) is 51.7 Å². The third-order valence-corrected chi connectivity index (χ3v) is 5.01. The molecule has 0 atom stereocenters. The maximum Gasteiger partial charge on any atom is 0.233 e. The van der Waals surface area contributed by atoms with Gasteiger partial charge < -0.3 is 4.90 Å². The largest absolute Gasteiger partial charge is 0.340 e. The van der Waals surface area contributed by atoms with Gasteiger partial charge in [-0.25, -0.2) is 8.78 Å². The number of carbonyl (C=O) groups excluding carboxylic acids is 1. The van der Waals surface area contributed by atoms with Crippen LogP contribution in [-0.4, -0.2) is 23.6 Å². The molecule has 21 heavy (non-hydrogen) atoms. The van der Waals surface area contributed by atoms with E-state index in [1.807, 2.05) is 18.4 Å². The number of amides is 1. The van der Waals surface area contributed by atoms with Crippen LogP contribution in [0.3, 0.4) is 0 Å². The van der Waals surface area contributed by atoms with Gasteiger partial charge in [-0.3, -0.25) is 4.79 Å². The fourth-order valence-corrected chi connectivity index (χ4v) is 3.51. The average Bonchev–Trinajstić information content (AvgIpc) is 2.85. The fraction of sp³-hybridized carbons (Fsp3) is 0.267. The standard InChI is InChI=1S/C15H15F2NOS2/c1-10-5-6-20-14(10)8-18(2)15(19)9-21-11-3-4-12(16)13(17)7-11/h3-7H,8-9H2,1-2H3. The summed E-state index contributed by atoms with van der Waals surface area (Å²) in [6.07, 6.45) is 0. The second kappa shape index (κ2) is 7.04. The number of thiophene rings is 1. The zero-order valence-corrected chi connectivity index (χ0v) is 13.4. The van der Waals surface area contributed by atoms with E-state index in [2.05, 4.69) is 0 Å². The number of halogens is 2. The normalized spacial score (nSPS) is 10.7. The Morgan fingerprint density at radius 2 is 2.05 bits per heavy atom. The number of hydrogen-bond acceptors (Lipinski definition) is 3. The summed E-state index contributed by atoms with van der Waals surface area (Å²) in [4.78, 5) is 15.4. The first-order chi connectivity index (χ1) is 9.97. The highest BCUT2D eigenvalue weighted by Crippen LogP contribution is 2.22. The van der Waals surface area contributed by atoms with Gasteiger partial charge >= 0.3 is 0 Å². The van der Waals surface area contributed by atoms with Crippen molar-refractivity contribution in [2.24, 2.45) is 0 Å². The molecule has 0 unspecified atom stereocenters. The Bertz CT molecular complexity index is 642. The van der Waals surface area contributed by atoms with Gasteiger partial charge in [-0.15, -0.1) is 23.1 Å². The molecule has 2 rings (SSSR count). The molecule has 0 bridgehead atoms. The van der Waals surface area contributed by atoms with Crippen LogP contribution in [0.1, 0.15) is 10.4 Å². The Morgan fingerprint density at radius 1 is 1.29 bits per heavy atom.